The lowest BCUT2D eigenvalue weighted by Gasteiger charge is -2.37. The molecule has 114 valence electrons. The molecule has 1 aliphatic rings. The summed E-state index contributed by atoms with van der Waals surface area (Å²) in [5.74, 6) is 0. The third kappa shape index (κ3) is 3.82. The second-order valence-electron chi connectivity index (χ2n) is 5.90. The summed E-state index contributed by atoms with van der Waals surface area (Å²) in [6.45, 7) is 6.97. The van der Waals surface area contributed by atoms with Crippen LogP contribution in [0.2, 0.25) is 0 Å². The van der Waals surface area contributed by atoms with E-state index in [2.05, 4.69) is 30.1 Å². The molecule has 4 heteroatoms. The topological polar surface area (TPSA) is 48.3 Å². The van der Waals surface area contributed by atoms with E-state index in [4.69, 9.17) is 4.74 Å². The zero-order valence-corrected chi connectivity index (χ0v) is 13.2. The van der Waals surface area contributed by atoms with Crippen LogP contribution in [0.3, 0.4) is 0 Å². The van der Waals surface area contributed by atoms with Crippen molar-refractivity contribution in [3.63, 3.8) is 0 Å². The van der Waals surface area contributed by atoms with Crippen molar-refractivity contribution in [1.29, 1.82) is 5.26 Å². The van der Waals surface area contributed by atoms with E-state index in [1.165, 1.54) is 0 Å². The van der Waals surface area contributed by atoms with E-state index in [0.29, 0.717) is 0 Å². The van der Waals surface area contributed by atoms with Crippen LogP contribution in [0.1, 0.15) is 25.8 Å². The second-order valence-corrected chi connectivity index (χ2v) is 5.90. The molecule has 2 rings (SSSR count). The fourth-order valence-electron chi connectivity index (χ4n) is 3.11. The van der Waals surface area contributed by atoms with E-state index < -0.39 is 5.54 Å². The first-order chi connectivity index (χ1) is 10.1. The molecular weight excluding hydrogens is 262 g/mol. The monoisotopic (exact) mass is 287 g/mol. The highest BCUT2D eigenvalue weighted by molar-refractivity contribution is 5.31. The molecule has 0 aromatic heterocycles. The molecule has 0 aliphatic carbocycles. The third-order valence-electron chi connectivity index (χ3n) is 4.18. The van der Waals surface area contributed by atoms with Gasteiger partial charge >= 0.3 is 0 Å². The average Bonchev–Trinajstić information content (AvgIpc) is 2.49. The van der Waals surface area contributed by atoms with Crippen LogP contribution in [-0.2, 0) is 10.3 Å². The van der Waals surface area contributed by atoms with Crippen molar-refractivity contribution in [1.82, 2.24) is 10.2 Å². The van der Waals surface area contributed by atoms with Crippen molar-refractivity contribution in [3.8, 4) is 6.07 Å². The van der Waals surface area contributed by atoms with Crippen LogP contribution >= 0.6 is 0 Å². The minimum atomic E-state index is -0.619. The van der Waals surface area contributed by atoms with Crippen LogP contribution in [0.4, 0.5) is 0 Å². The number of benzene rings is 1. The van der Waals surface area contributed by atoms with E-state index in [0.717, 1.165) is 31.6 Å². The Bertz CT molecular complexity index is 475. The molecule has 4 nitrogen and oxygen atoms in total. The zero-order chi connectivity index (χ0) is 15.3. The molecule has 0 radical (unpaired) electrons. The van der Waals surface area contributed by atoms with Gasteiger partial charge in [-0.3, -0.25) is 10.2 Å². The summed E-state index contributed by atoms with van der Waals surface area (Å²) in [5.41, 5.74) is 0.413. The van der Waals surface area contributed by atoms with Gasteiger partial charge in [-0.2, -0.15) is 5.26 Å². The summed E-state index contributed by atoms with van der Waals surface area (Å²) in [6, 6.07) is 12.5. The molecule has 21 heavy (non-hydrogen) atoms. The van der Waals surface area contributed by atoms with Gasteiger partial charge in [-0.15, -0.1) is 0 Å². The molecule has 0 amide bonds. The molecule has 0 spiro atoms. The Hall–Kier alpha value is -1.41. The number of nitrogens with zero attached hydrogens (tertiary/aromatic N) is 2. The molecule has 1 aromatic carbocycles. The normalized spacial score (nSPS) is 26.0. The van der Waals surface area contributed by atoms with Crippen molar-refractivity contribution in [3.05, 3.63) is 35.9 Å². The molecule has 1 fully saturated rings. The van der Waals surface area contributed by atoms with Gasteiger partial charge in [-0.25, -0.2) is 0 Å². The first-order valence-corrected chi connectivity index (χ1v) is 7.63. The van der Waals surface area contributed by atoms with Gasteiger partial charge in [0.25, 0.3) is 0 Å². The Morgan fingerprint density at radius 2 is 1.90 bits per heavy atom. The number of ether oxygens (including phenoxy) is 1. The van der Waals surface area contributed by atoms with Crippen molar-refractivity contribution < 1.29 is 4.74 Å². The maximum absolute atomic E-state index is 9.71. The first-order valence-electron chi connectivity index (χ1n) is 7.63. The van der Waals surface area contributed by atoms with Gasteiger partial charge in [0.05, 0.1) is 18.3 Å². The Labute approximate surface area is 127 Å². The van der Waals surface area contributed by atoms with Crippen LogP contribution in [0.25, 0.3) is 0 Å². The van der Waals surface area contributed by atoms with Crippen LogP contribution in [0.15, 0.2) is 30.3 Å². The highest BCUT2D eigenvalue weighted by atomic mass is 16.5. The molecular formula is C17H25N3O. The minimum Gasteiger partial charge on any atom is -0.373 e. The SMILES string of the molecule is CNC(C#N)(CCN1CC(C)OC(C)C1)c1ccccc1. The lowest BCUT2D eigenvalue weighted by atomic mass is 9.88. The van der Waals surface area contributed by atoms with Gasteiger partial charge in [-0.05, 0) is 32.9 Å². The Balaban J connectivity index is 2.06. The fraction of sp³-hybridized carbons (Fsp3) is 0.588. The van der Waals surface area contributed by atoms with Gasteiger partial charge in [-0.1, -0.05) is 30.3 Å². The van der Waals surface area contributed by atoms with Gasteiger partial charge in [0, 0.05) is 19.6 Å². The molecule has 1 heterocycles. The smallest absolute Gasteiger partial charge is 0.133 e. The summed E-state index contributed by atoms with van der Waals surface area (Å²) in [6.07, 6.45) is 1.29. The van der Waals surface area contributed by atoms with Gasteiger partial charge in [0.1, 0.15) is 5.54 Å². The number of rotatable bonds is 5. The van der Waals surface area contributed by atoms with Crippen LogP contribution in [0.5, 0.6) is 0 Å². The summed E-state index contributed by atoms with van der Waals surface area (Å²) in [5, 5.41) is 12.9. The first kappa shape index (κ1) is 16.0. The average molecular weight is 287 g/mol. The predicted octanol–water partition coefficient (Wildman–Crippen LogP) is 2.12. The summed E-state index contributed by atoms with van der Waals surface area (Å²) in [7, 11) is 1.86. The van der Waals surface area contributed by atoms with E-state index in [-0.39, 0.29) is 12.2 Å². The summed E-state index contributed by atoms with van der Waals surface area (Å²) < 4.78 is 5.76. The number of nitriles is 1. The number of morpholine rings is 1. The lowest BCUT2D eigenvalue weighted by Crippen LogP contribution is -2.48. The van der Waals surface area contributed by atoms with E-state index >= 15 is 0 Å². The highest BCUT2D eigenvalue weighted by Crippen LogP contribution is 2.25. The van der Waals surface area contributed by atoms with Crippen molar-refractivity contribution in [2.75, 3.05) is 26.7 Å². The standard InChI is InChI=1S/C17H25N3O/c1-14-11-20(12-15(2)21-14)10-9-17(13-18,19-3)16-7-5-4-6-8-16/h4-8,14-15,19H,9-12H2,1-3H3. The van der Waals surface area contributed by atoms with Crippen molar-refractivity contribution in [2.45, 2.75) is 38.0 Å². The highest BCUT2D eigenvalue weighted by Gasteiger charge is 2.32. The van der Waals surface area contributed by atoms with E-state index in [1.807, 2.05) is 37.4 Å². The minimum absolute atomic E-state index is 0.261. The lowest BCUT2D eigenvalue weighted by molar-refractivity contribution is -0.0691. The zero-order valence-electron chi connectivity index (χ0n) is 13.2. The van der Waals surface area contributed by atoms with Crippen molar-refractivity contribution >= 4 is 0 Å². The van der Waals surface area contributed by atoms with Crippen molar-refractivity contribution in [2.24, 2.45) is 0 Å². The Morgan fingerprint density at radius 1 is 1.29 bits per heavy atom. The van der Waals surface area contributed by atoms with Crippen LogP contribution < -0.4 is 5.32 Å². The molecule has 1 N–H and O–H groups in total. The summed E-state index contributed by atoms with van der Waals surface area (Å²) >= 11 is 0. The molecule has 3 unspecified atom stereocenters. The van der Waals surface area contributed by atoms with E-state index in [1.54, 1.807) is 0 Å². The molecule has 0 bridgehead atoms. The maximum Gasteiger partial charge on any atom is 0.133 e. The molecule has 3 atom stereocenters. The molecule has 1 aliphatic heterocycles. The molecule has 1 saturated heterocycles. The second kappa shape index (κ2) is 7.04. The Morgan fingerprint density at radius 3 is 2.43 bits per heavy atom. The maximum atomic E-state index is 9.71. The van der Waals surface area contributed by atoms with Gasteiger partial charge in [0.2, 0.25) is 0 Å². The molecule has 1 aromatic rings. The van der Waals surface area contributed by atoms with Gasteiger partial charge < -0.3 is 4.74 Å². The number of nitrogens with one attached hydrogen (secondary N) is 1. The van der Waals surface area contributed by atoms with Crippen LogP contribution in [0, 0.1) is 11.3 Å². The number of hydrogen-bond acceptors (Lipinski definition) is 4. The largest absolute Gasteiger partial charge is 0.373 e. The fourth-order valence-corrected chi connectivity index (χ4v) is 3.11. The third-order valence-corrected chi connectivity index (χ3v) is 4.18. The van der Waals surface area contributed by atoms with E-state index in [9.17, 15) is 5.26 Å². The Kier molecular flexibility index (Phi) is 5.35. The number of hydrogen-bond donors (Lipinski definition) is 1. The predicted molar refractivity (Wildman–Crippen MR) is 83.9 cm³/mol. The van der Waals surface area contributed by atoms with Crippen LogP contribution in [-0.4, -0.2) is 43.8 Å². The van der Waals surface area contributed by atoms with Gasteiger partial charge in [0.15, 0.2) is 0 Å². The molecule has 0 saturated carbocycles. The summed E-state index contributed by atoms with van der Waals surface area (Å²) in [4.78, 5) is 2.39. The quantitative estimate of drug-likeness (QED) is 0.901.